The van der Waals surface area contributed by atoms with Gasteiger partial charge in [-0.2, -0.15) is 0 Å². The fraction of sp³-hybridized carbons (Fsp3) is 0.357. The van der Waals surface area contributed by atoms with Crippen molar-refractivity contribution in [2.24, 2.45) is 5.92 Å². The fourth-order valence-corrected chi connectivity index (χ4v) is 1.75. The number of aliphatic carboxylic acids is 1. The standard InChI is InChI=1S/C14H18BrNO2/c1-10(2)3-6-13(9-14(17)18)16-12-7-4-11(15)5-8-12/h4-5,7-10,16H,3,6H2,1-2H3,(H,17,18)/b13-9-. The maximum absolute atomic E-state index is 10.8. The number of hydrogen-bond donors (Lipinski definition) is 2. The Morgan fingerprint density at radius 1 is 1.39 bits per heavy atom. The number of carboxylic acid groups (broad SMARTS) is 1. The second-order valence-corrected chi connectivity index (χ2v) is 5.49. The van der Waals surface area contributed by atoms with Crippen LogP contribution in [0, 0.1) is 5.92 Å². The molecular weight excluding hydrogens is 294 g/mol. The lowest BCUT2D eigenvalue weighted by atomic mass is 10.1. The molecule has 1 aromatic carbocycles. The summed E-state index contributed by atoms with van der Waals surface area (Å²) in [5.74, 6) is -0.368. The molecule has 4 heteroatoms. The van der Waals surface area contributed by atoms with Crippen molar-refractivity contribution in [3.05, 3.63) is 40.5 Å². The third-order valence-electron chi connectivity index (χ3n) is 2.44. The van der Waals surface area contributed by atoms with E-state index in [1.54, 1.807) is 0 Å². The highest BCUT2D eigenvalue weighted by atomic mass is 79.9. The summed E-state index contributed by atoms with van der Waals surface area (Å²) in [6.45, 7) is 4.25. The molecule has 0 amide bonds. The van der Waals surface area contributed by atoms with Crippen molar-refractivity contribution in [3.63, 3.8) is 0 Å². The number of anilines is 1. The molecule has 18 heavy (non-hydrogen) atoms. The van der Waals surface area contributed by atoms with E-state index >= 15 is 0 Å². The molecule has 0 unspecified atom stereocenters. The van der Waals surface area contributed by atoms with Gasteiger partial charge in [-0.25, -0.2) is 4.79 Å². The number of benzene rings is 1. The molecular formula is C14H18BrNO2. The Morgan fingerprint density at radius 2 is 2.00 bits per heavy atom. The summed E-state index contributed by atoms with van der Waals surface area (Å²) < 4.78 is 0.999. The summed E-state index contributed by atoms with van der Waals surface area (Å²) in [6, 6.07) is 7.66. The summed E-state index contributed by atoms with van der Waals surface area (Å²) in [4.78, 5) is 10.8. The molecule has 0 spiro atoms. The van der Waals surface area contributed by atoms with Crippen molar-refractivity contribution in [1.82, 2.24) is 0 Å². The monoisotopic (exact) mass is 311 g/mol. The average Bonchev–Trinajstić information content (AvgIpc) is 2.28. The summed E-state index contributed by atoms with van der Waals surface area (Å²) in [7, 11) is 0. The van der Waals surface area contributed by atoms with Crippen molar-refractivity contribution in [1.29, 1.82) is 0 Å². The molecule has 0 aromatic heterocycles. The third-order valence-corrected chi connectivity index (χ3v) is 2.97. The maximum atomic E-state index is 10.8. The summed E-state index contributed by atoms with van der Waals surface area (Å²) in [5, 5.41) is 12.0. The van der Waals surface area contributed by atoms with Crippen LogP contribution in [0.1, 0.15) is 26.7 Å². The molecule has 0 atom stereocenters. The van der Waals surface area contributed by atoms with Crippen LogP contribution in [0.2, 0.25) is 0 Å². The van der Waals surface area contributed by atoms with Gasteiger partial charge in [0.15, 0.2) is 0 Å². The number of carbonyl (C=O) groups is 1. The summed E-state index contributed by atoms with van der Waals surface area (Å²) >= 11 is 3.37. The van der Waals surface area contributed by atoms with Crippen molar-refractivity contribution < 1.29 is 9.90 Å². The lowest BCUT2D eigenvalue weighted by Gasteiger charge is -2.12. The van der Waals surface area contributed by atoms with Gasteiger partial charge in [-0.3, -0.25) is 0 Å². The number of halogens is 1. The number of rotatable bonds is 6. The largest absolute Gasteiger partial charge is 0.478 e. The van der Waals surface area contributed by atoms with Crippen LogP contribution < -0.4 is 5.32 Å². The molecule has 2 N–H and O–H groups in total. The van der Waals surface area contributed by atoms with E-state index < -0.39 is 5.97 Å². The lowest BCUT2D eigenvalue weighted by Crippen LogP contribution is -2.04. The first-order valence-corrected chi connectivity index (χ1v) is 6.72. The van der Waals surface area contributed by atoms with Crippen molar-refractivity contribution >= 4 is 27.6 Å². The van der Waals surface area contributed by atoms with E-state index in [1.165, 1.54) is 6.08 Å². The van der Waals surface area contributed by atoms with E-state index in [9.17, 15) is 4.79 Å². The molecule has 1 aromatic rings. The highest BCUT2D eigenvalue weighted by molar-refractivity contribution is 9.10. The van der Waals surface area contributed by atoms with Gasteiger partial charge in [0.05, 0.1) is 0 Å². The smallest absolute Gasteiger partial charge is 0.330 e. The second-order valence-electron chi connectivity index (χ2n) is 4.57. The Bertz CT molecular complexity index is 424. The number of allylic oxidation sites excluding steroid dienone is 1. The number of nitrogens with one attached hydrogen (secondary N) is 1. The van der Waals surface area contributed by atoms with Crippen LogP contribution >= 0.6 is 15.9 Å². The number of carboxylic acids is 1. The third kappa shape index (κ3) is 5.87. The zero-order chi connectivity index (χ0) is 13.5. The van der Waals surface area contributed by atoms with E-state index in [2.05, 4.69) is 35.1 Å². The zero-order valence-electron chi connectivity index (χ0n) is 10.6. The zero-order valence-corrected chi connectivity index (χ0v) is 12.2. The molecule has 0 heterocycles. The Kier molecular flexibility index (Phi) is 5.92. The van der Waals surface area contributed by atoms with Crippen molar-refractivity contribution in [3.8, 4) is 0 Å². The van der Waals surface area contributed by atoms with Crippen LogP contribution in [0.15, 0.2) is 40.5 Å². The van der Waals surface area contributed by atoms with E-state index in [-0.39, 0.29) is 0 Å². The maximum Gasteiger partial charge on any atom is 0.330 e. The van der Waals surface area contributed by atoms with Crippen LogP contribution in [0.5, 0.6) is 0 Å². The molecule has 0 saturated carbocycles. The van der Waals surface area contributed by atoms with Crippen molar-refractivity contribution in [2.75, 3.05) is 5.32 Å². The minimum atomic E-state index is -0.918. The fourth-order valence-electron chi connectivity index (χ4n) is 1.48. The first kappa shape index (κ1) is 14.8. The summed E-state index contributed by atoms with van der Waals surface area (Å²) in [5.41, 5.74) is 1.63. The molecule has 0 radical (unpaired) electrons. The number of hydrogen-bond acceptors (Lipinski definition) is 2. The van der Waals surface area contributed by atoms with Crippen LogP contribution in [-0.4, -0.2) is 11.1 Å². The first-order chi connectivity index (χ1) is 8.47. The summed E-state index contributed by atoms with van der Waals surface area (Å²) in [6.07, 6.45) is 2.94. The topological polar surface area (TPSA) is 49.3 Å². The highest BCUT2D eigenvalue weighted by Crippen LogP contribution is 2.18. The molecule has 0 saturated heterocycles. The molecule has 0 aliphatic carbocycles. The lowest BCUT2D eigenvalue weighted by molar-refractivity contribution is -0.131. The molecule has 0 aliphatic heterocycles. The SMILES string of the molecule is CC(C)CC/C(=C/C(=O)O)Nc1ccc(Br)cc1. The molecule has 1 rings (SSSR count). The Morgan fingerprint density at radius 3 is 2.50 bits per heavy atom. The van der Waals surface area contributed by atoms with Gasteiger partial charge in [-0.1, -0.05) is 29.8 Å². The molecule has 3 nitrogen and oxygen atoms in total. The van der Waals surface area contributed by atoms with E-state index in [1.807, 2.05) is 24.3 Å². The van der Waals surface area contributed by atoms with E-state index in [0.29, 0.717) is 5.92 Å². The van der Waals surface area contributed by atoms with Gasteiger partial charge in [0, 0.05) is 21.9 Å². The molecule has 0 aliphatic rings. The molecule has 98 valence electrons. The van der Waals surface area contributed by atoms with Gasteiger partial charge in [-0.15, -0.1) is 0 Å². The second kappa shape index (κ2) is 7.21. The minimum Gasteiger partial charge on any atom is -0.478 e. The van der Waals surface area contributed by atoms with E-state index in [4.69, 9.17) is 5.11 Å². The predicted molar refractivity (Wildman–Crippen MR) is 77.6 cm³/mol. The van der Waals surface area contributed by atoms with Crippen LogP contribution in [0.4, 0.5) is 5.69 Å². The van der Waals surface area contributed by atoms with Crippen molar-refractivity contribution in [2.45, 2.75) is 26.7 Å². The normalized spacial score (nSPS) is 11.7. The Hall–Kier alpha value is -1.29. The van der Waals surface area contributed by atoms with Gasteiger partial charge in [0.2, 0.25) is 0 Å². The van der Waals surface area contributed by atoms with Crippen LogP contribution in [-0.2, 0) is 4.79 Å². The van der Waals surface area contributed by atoms with Gasteiger partial charge >= 0.3 is 5.97 Å². The molecule has 0 bridgehead atoms. The first-order valence-electron chi connectivity index (χ1n) is 5.93. The quantitative estimate of drug-likeness (QED) is 0.771. The van der Waals surface area contributed by atoms with Gasteiger partial charge in [-0.05, 0) is 43.0 Å². The van der Waals surface area contributed by atoms with Gasteiger partial charge in [0.25, 0.3) is 0 Å². The minimum absolute atomic E-state index is 0.550. The van der Waals surface area contributed by atoms with Gasteiger partial charge < -0.3 is 10.4 Å². The van der Waals surface area contributed by atoms with Crippen LogP contribution in [0.25, 0.3) is 0 Å². The van der Waals surface area contributed by atoms with Crippen LogP contribution in [0.3, 0.4) is 0 Å². The Balaban J connectivity index is 2.72. The molecule has 0 fully saturated rings. The van der Waals surface area contributed by atoms with Gasteiger partial charge in [0.1, 0.15) is 0 Å². The highest BCUT2D eigenvalue weighted by Gasteiger charge is 2.03. The van der Waals surface area contributed by atoms with E-state index in [0.717, 1.165) is 28.7 Å². The average molecular weight is 312 g/mol. The Labute approximate surface area is 116 Å². The predicted octanol–water partition coefficient (Wildman–Crippen LogP) is 4.27.